The lowest BCUT2D eigenvalue weighted by Gasteiger charge is -2.33. The smallest absolute Gasteiger partial charge is 0.256 e. The molecule has 0 radical (unpaired) electrons. The highest BCUT2D eigenvalue weighted by Crippen LogP contribution is 2.45. The van der Waals surface area contributed by atoms with Crippen LogP contribution in [-0.4, -0.2) is 31.7 Å². The monoisotopic (exact) mass is 938 g/mol. The molecule has 0 bridgehead atoms. The van der Waals surface area contributed by atoms with Gasteiger partial charge in [0.2, 0.25) is 0 Å². The first-order valence-corrected chi connectivity index (χ1v) is 25.6. The van der Waals surface area contributed by atoms with Crippen LogP contribution in [0.25, 0.3) is 110 Å². The normalized spacial score (nSPS) is 13.6. The standard InChI is InChI=1S/C66H36B2N4O2/c1-3-15-37(16-4-1)69-51-25-9-7-19-39(51)45-32-49-61(35-57(45)69)73-59-29-13-27-53-63(59)67(49)47-23-11-21-41-43-31-44-42-22-12-24-48-66(42)72(56(44)34-55(43)71(53)65(41)47)54-28-14-30-60-64(54)68(48)50-33-46-40-20-8-10-26-52(40)70(38-17-5-2-6-18-38)58(46)36-62(50)74-60/h1-36H. The molecule has 0 atom stereocenters. The Labute approximate surface area is 423 Å². The number of fused-ring (bicyclic) bond motifs is 20. The lowest BCUT2D eigenvalue weighted by atomic mass is 9.34. The zero-order chi connectivity index (χ0) is 47.7. The van der Waals surface area contributed by atoms with E-state index in [1.54, 1.807) is 0 Å². The van der Waals surface area contributed by atoms with Crippen molar-refractivity contribution in [3.05, 3.63) is 218 Å². The van der Waals surface area contributed by atoms with Crippen molar-refractivity contribution in [3.8, 4) is 45.7 Å². The van der Waals surface area contributed by atoms with Crippen molar-refractivity contribution < 1.29 is 9.47 Å². The molecule has 6 nitrogen and oxygen atoms in total. The molecule has 0 saturated heterocycles. The predicted molar refractivity (Wildman–Crippen MR) is 306 cm³/mol. The maximum absolute atomic E-state index is 7.11. The van der Waals surface area contributed by atoms with Crippen LogP contribution in [0.15, 0.2) is 218 Å². The number of rotatable bonds is 2. The summed E-state index contributed by atoms with van der Waals surface area (Å²) in [5.41, 5.74) is 21.6. The van der Waals surface area contributed by atoms with E-state index in [0.717, 1.165) is 45.4 Å². The van der Waals surface area contributed by atoms with Crippen LogP contribution in [0.5, 0.6) is 23.0 Å². The molecule has 8 heteroatoms. The van der Waals surface area contributed by atoms with Gasteiger partial charge in [-0.25, -0.2) is 0 Å². The van der Waals surface area contributed by atoms with Gasteiger partial charge in [0, 0.05) is 89.0 Å². The Morgan fingerprint density at radius 1 is 0.257 bits per heavy atom. The molecule has 4 aliphatic heterocycles. The minimum absolute atomic E-state index is 0.0160. The van der Waals surface area contributed by atoms with Gasteiger partial charge in [-0.05, 0) is 106 Å². The van der Waals surface area contributed by atoms with Gasteiger partial charge in [0.05, 0.1) is 33.1 Å². The molecule has 0 saturated carbocycles. The van der Waals surface area contributed by atoms with Crippen molar-refractivity contribution in [2.75, 3.05) is 0 Å². The second kappa shape index (κ2) is 13.2. The number of hydrogen-bond acceptors (Lipinski definition) is 2. The summed E-state index contributed by atoms with van der Waals surface area (Å²) in [7, 11) is 0. The van der Waals surface area contributed by atoms with Crippen molar-refractivity contribution in [2.45, 2.75) is 0 Å². The molecule has 4 aromatic heterocycles. The lowest BCUT2D eigenvalue weighted by Crippen LogP contribution is -2.58. The molecular weight excluding hydrogens is 902 g/mol. The van der Waals surface area contributed by atoms with E-state index in [1.807, 2.05) is 0 Å². The van der Waals surface area contributed by atoms with Crippen molar-refractivity contribution in [1.82, 2.24) is 18.3 Å². The fraction of sp³-hybridized carbons (Fsp3) is 0. The third-order valence-corrected chi connectivity index (χ3v) is 17.2. The van der Waals surface area contributed by atoms with E-state index in [4.69, 9.17) is 9.47 Å². The van der Waals surface area contributed by atoms with Crippen LogP contribution in [0.4, 0.5) is 0 Å². The summed E-state index contributed by atoms with van der Waals surface area (Å²) < 4.78 is 24.1. The third-order valence-electron chi connectivity index (χ3n) is 17.2. The van der Waals surface area contributed by atoms with E-state index in [1.165, 1.54) is 120 Å². The number of nitrogens with zero attached hydrogens (tertiary/aromatic N) is 4. The Morgan fingerprint density at radius 3 is 1.15 bits per heavy atom. The average molecular weight is 939 g/mol. The van der Waals surface area contributed by atoms with E-state index >= 15 is 0 Å². The molecule has 19 rings (SSSR count). The Kier molecular flexibility index (Phi) is 6.82. The molecule has 8 heterocycles. The maximum Gasteiger partial charge on any atom is 0.256 e. The zero-order valence-electron chi connectivity index (χ0n) is 39.5. The van der Waals surface area contributed by atoms with Crippen molar-refractivity contribution >= 4 is 133 Å². The van der Waals surface area contributed by atoms with E-state index in [2.05, 4.69) is 237 Å². The van der Waals surface area contributed by atoms with Gasteiger partial charge in [0.25, 0.3) is 13.4 Å². The number of hydrogen-bond donors (Lipinski definition) is 0. The van der Waals surface area contributed by atoms with Crippen molar-refractivity contribution in [3.63, 3.8) is 0 Å². The summed E-state index contributed by atoms with van der Waals surface area (Å²) in [5, 5.41) is 9.94. The highest BCUT2D eigenvalue weighted by Gasteiger charge is 2.43. The van der Waals surface area contributed by atoms with Crippen LogP contribution in [0.3, 0.4) is 0 Å². The minimum Gasteiger partial charge on any atom is -0.458 e. The molecular formula is C66H36B2N4O2. The second-order valence-corrected chi connectivity index (χ2v) is 20.7. The molecule has 0 aliphatic carbocycles. The molecule has 0 fully saturated rings. The molecule has 0 spiro atoms. The van der Waals surface area contributed by atoms with Crippen LogP contribution in [0.2, 0.25) is 0 Å². The fourth-order valence-corrected chi connectivity index (χ4v) is 14.4. The largest absolute Gasteiger partial charge is 0.458 e. The minimum atomic E-state index is -0.0160. The molecule has 0 N–H and O–H groups in total. The highest BCUT2D eigenvalue weighted by atomic mass is 16.5. The molecule has 15 aromatic rings. The molecule has 0 amide bonds. The van der Waals surface area contributed by atoms with E-state index < -0.39 is 0 Å². The first-order valence-electron chi connectivity index (χ1n) is 25.6. The SMILES string of the molecule is c1ccc(-n2c3ccccc3c3cc4c(cc32)Oc2cccc3c2B4c2cccc4c5cc6c7cccc8c7n(c6cc5n-3c24)-c2cccc3c2B8c2cc4c5ccccc5n(-c5ccccc5)c4cc2O3)cc1. The van der Waals surface area contributed by atoms with Gasteiger partial charge in [-0.2, -0.15) is 0 Å². The zero-order valence-corrected chi connectivity index (χ0v) is 39.5. The Bertz CT molecular complexity index is 4790. The summed E-state index contributed by atoms with van der Waals surface area (Å²) in [4.78, 5) is 0. The summed E-state index contributed by atoms with van der Waals surface area (Å²) in [6.07, 6.45) is 0. The van der Waals surface area contributed by atoms with Crippen molar-refractivity contribution in [1.29, 1.82) is 0 Å². The maximum atomic E-state index is 7.11. The fourth-order valence-electron chi connectivity index (χ4n) is 14.4. The Balaban J connectivity index is 0.851. The lowest BCUT2D eigenvalue weighted by molar-refractivity contribution is 0.487. The molecule has 4 aliphatic rings. The topological polar surface area (TPSA) is 38.2 Å². The molecule has 11 aromatic carbocycles. The summed E-state index contributed by atoms with van der Waals surface area (Å²) in [5.74, 6) is 3.63. The van der Waals surface area contributed by atoms with Crippen LogP contribution in [-0.2, 0) is 0 Å². The average Bonchev–Trinajstić information content (AvgIpc) is 4.26. The predicted octanol–water partition coefficient (Wildman–Crippen LogP) is 11.9. The number of ether oxygens (including phenoxy) is 2. The van der Waals surface area contributed by atoms with Gasteiger partial charge in [-0.15, -0.1) is 0 Å². The van der Waals surface area contributed by atoms with Crippen LogP contribution in [0.1, 0.15) is 0 Å². The van der Waals surface area contributed by atoms with Crippen LogP contribution >= 0.6 is 0 Å². The van der Waals surface area contributed by atoms with E-state index in [9.17, 15) is 0 Å². The Morgan fingerprint density at radius 2 is 0.662 bits per heavy atom. The van der Waals surface area contributed by atoms with E-state index in [-0.39, 0.29) is 13.4 Å². The summed E-state index contributed by atoms with van der Waals surface area (Å²) in [6.45, 7) is -0.0320. The van der Waals surface area contributed by atoms with Crippen LogP contribution in [0, 0.1) is 0 Å². The third kappa shape index (κ3) is 4.50. The molecule has 338 valence electrons. The quantitative estimate of drug-likeness (QED) is 0.162. The summed E-state index contributed by atoms with van der Waals surface area (Å²) in [6, 6.07) is 80.5. The van der Waals surface area contributed by atoms with Gasteiger partial charge < -0.3 is 27.7 Å². The second-order valence-electron chi connectivity index (χ2n) is 20.7. The molecule has 0 unspecified atom stereocenters. The van der Waals surface area contributed by atoms with E-state index in [0.29, 0.717) is 0 Å². The number of benzene rings is 11. The van der Waals surface area contributed by atoms with Gasteiger partial charge >= 0.3 is 0 Å². The first-order chi connectivity index (χ1) is 36.7. The van der Waals surface area contributed by atoms with Gasteiger partial charge in [0.1, 0.15) is 23.0 Å². The van der Waals surface area contributed by atoms with Gasteiger partial charge in [0.15, 0.2) is 0 Å². The molecule has 74 heavy (non-hydrogen) atoms. The van der Waals surface area contributed by atoms with Crippen molar-refractivity contribution in [2.24, 2.45) is 0 Å². The Hall–Kier alpha value is -9.65. The highest BCUT2D eigenvalue weighted by molar-refractivity contribution is 7.00. The van der Waals surface area contributed by atoms with Gasteiger partial charge in [-0.3, -0.25) is 0 Å². The first kappa shape index (κ1) is 38.1. The number of para-hydroxylation sites is 6. The van der Waals surface area contributed by atoms with Gasteiger partial charge in [-0.1, -0.05) is 133 Å². The summed E-state index contributed by atoms with van der Waals surface area (Å²) >= 11 is 0. The number of aromatic nitrogens is 4. The van der Waals surface area contributed by atoms with Crippen LogP contribution < -0.4 is 42.3 Å².